The first-order valence-electron chi connectivity index (χ1n) is 8.67. The van der Waals surface area contributed by atoms with E-state index in [0.717, 1.165) is 11.0 Å². The Hall–Kier alpha value is -2.78. The maximum absolute atomic E-state index is 12.7. The van der Waals surface area contributed by atoms with E-state index in [0.29, 0.717) is 13.1 Å². The van der Waals surface area contributed by atoms with Gasteiger partial charge in [0.15, 0.2) is 0 Å². The van der Waals surface area contributed by atoms with Crippen molar-refractivity contribution >= 4 is 27.0 Å². The molecule has 0 bridgehead atoms. The lowest BCUT2D eigenvalue weighted by Crippen LogP contribution is -2.51. The molecule has 0 unspecified atom stereocenters. The van der Waals surface area contributed by atoms with Gasteiger partial charge in [0.1, 0.15) is 12.1 Å². The molecule has 8 nitrogen and oxygen atoms in total. The van der Waals surface area contributed by atoms with Crippen molar-refractivity contribution in [1.82, 2.24) is 24.2 Å². The average Bonchev–Trinajstić information content (AvgIpc) is 3.12. The highest BCUT2D eigenvalue weighted by atomic mass is 32.2. The molecule has 2 heterocycles. The SMILES string of the molecule is O=C(Cn1nnc2ccccc21)N1CCN(S(=O)(=O)c2ccccc2)CC1. The number of piperazine rings is 1. The number of para-hydroxylation sites is 1. The average molecular weight is 385 g/mol. The zero-order valence-corrected chi connectivity index (χ0v) is 15.4. The van der Waals surface area contributed by atoms with Crippen molar-refractivity contribution in [3.05, 3.63) is 54.6 Å². The number of amides is 1. The molecule has 27 heavy (non-hydrogen) atoms. The Kier molecular flexibility index (Phi) is 4.63. The molecule has 0 saturated carbocycles. The van der Waals surface area contributed by atoms with E-state index in [1.54, 1.807) is 39.9 Å². The van der Waals surface area contributed by atoms with E-state index < -0.39 is 10.0 Å². The van der Waals surface area contributed by atoms with Gasteiger partial charge in [-0.05, 0) is 24.3 Å². The fraction of sp³-hybridized carbons (Fsp3) is 0.278. The van der Waals surface area contributed by atoms with Crippen molar-refractivity contribution in [2.24, 2.45) is 0 Å². The molecule has 1 aliphatic rings. The molecule has 0 N–H and O–H groups in total. The van der Waals surface area contributed by atoms with Crippen LogP contribution in [0.1, 0.15) is 0 Å². The predicted octanol–water partition coefficient (Wildman–Crippen LogP) is 0.964. The van der Waals surface area contributed by atoms with Gasteiger partial charge in [-0.25, -0.2) is 13.1 Å². The van der Waals surface area contributed by atoms with Gasteiger partial charge in [-0.3, -0.25) is 4.79 Å². The quantitative estimate of drug-likeness (QED) is 0.668. The predicted molar refractivity (Wildman–Crippen MR) is 99.3 cm³/mol. The summed E-state index contributed by atoms with van der Waals surface area (Å²) in [4.78, 5) is 14.6. The van der Waals surface area contributed by atoms with Crippen LogP contribution in [0.4, 0.5) is 0 Å². The topological polar surface area (TPSA) is 88.4 Å². The van der Waals surface area contributed by atoms with E-state index in [2.05, 4.69) is 10.3 Å². The van der Waals surface area contributed by atoms with Gasteiger partial charge in [0.2, 0.25) is 15.9 Å². The molecule has 2 aromatic carbocycles. The monoisotopic (exact) mass is 385 g/mol. The lowest BCUT2D eigenvalue weighted by molar-refractivity contribution is -0.133. The molecule has 0 spiro atoms. The Labute approximate surface area is 157 Å². The highest BCUT2D eigenvalue weighted by molar-refractivity contribution is 7.89. The van der Waals surface area contributed by atoms with Crippen molar-refractivity contribution < 1.29 is 13.2 Å². The second kappa shape index (κ2) is 7.09. The van der Waals surface area contributed by atoms with Crippen LogP contribution in [0.3, 0.4) is 0 Å². The highest BCUT2D eigenvalue weighted by Crippen LogP contribution is 2.17. The summed E-state index contributed by atoms with van der Waals surface area (Å²) in [5, 5.41) is 8.09. The molecule has 1 fully saturated rings. The molecule has 1 amide bonds. The smallest absolute Gasteiger partial charge is 0.244 e. The molecule has 0 radical (unpaired) electrons. The Balaban J connectivity index is 1.41. The third-order valence-electron chi connectivity index (χ3n) is 4.68. The number of carbonyl (C=O) groups is 1. The van der Waals surface area contributed by atoms with Crippen LogP contribution in [-0.2, 0) is 21.4 Å². The van der Waals surface area contributed by atoms with Crippen molar-refractivity contribution in [1.29, 1.82) is 0 Å². The zero-order valence-electron chi connectivity index (χ0n) is 14.6. The zero-order chi connectivity index (χ0) is 18.9. The van der Waals surface area contributed by atoms with Gasteiger partial charge in [0, 0.05) is 26.2 Å². The molecule has 4 rings (SSSR count). The van der Waals surface area contributed by atoms with Gasteiger partial charge in [-0.15, -0.1) is 5.10 Å². The minimum Gasteiger partial charge on any atom is -0.338 e. The van der Waals surface area contributed by atoms with Crippen molar-refractivity contribution in [2.75, 3.05) is 26.2 Å². The Morgan fingerprint density at radius 2 is 1.59 bits per heavy atom. The summed E-state index contributed by atoms with van der Waals surface area (Å²) >= 11 is 0. The first kappa shape index (κ1) is 17.6. The number of rotatable bonds is 4. The van der Waals surface area contributed by atoms with Gasteiger partial charge in [0.05, 0.1) is 10.4 Å². The van der Waals surface area contributed by atoms with Crippen LogP contribution in [0.25, 0.3) is 11.0 Å². The number of carbonyl (C=O) groups excluding carboxylic acids is 1. The largest absolute Gasteiger partial charge is 0.338 e. The van der Waals surface area contributed by atoms with Crippen LogP contribution in [0.5, 0.6) is 0 Å². The maximum Gasteiger partial charge on any atom is 0.244 e. The van der Waals surface area contributed by atoms with E-state index in [1.807, 2.05) is 24.3 Å². The third kappa shape index (κ3) is 3.43. The van der Waals surface area contributed by atoms with Crippen LogP contribution >= 0.6 is 0 Å². The number of aromatic nitrogens is 3. The number of fused-ring (bicyclic) bond motifs is 1. The van der Waals surface area contributed by atoms with Crippen molar-refractivity contribution in [3.8, 4) is 0 Å². The van der Waals surface area contributed by atoms with E-state index in [4.69, 9.17) is 0 Å². The van der Waals surface area contributed by atoms with Gasteiger partial charge in [-0.1, -0.05) is 35.5 Å². The second-order valence-corrected chi connectivity index (χ2v) is 8.27. The summed E-state index contributed by atoms with van der Waals surface area (Å²) in [6.07, 6.45) is 0. The van der Waals surface area contributed by atoms with Crippen molar-refractivity contribution in [2.45, 2.75) is 11.4 Å². The van der Waals surface area contributed by atoms with E-state index in [9.17, 15) is 13.2 Å². The minimum absolute atomic E-state index is 0.0892. The molecule has 0 aliphatic carbocycles. The number of hydrogen-bond acceptors (Lipinski definition) is 5. The summed E-state index contributed by atoms with van der Waals surface area (Å²) in [6.45, 7) is 1.36. The lowest BCUT2D eigenvalue weighted by atomic mass is 10.3. The Bertz CT molecular complexity index is 1060. The fourth-order valence-electron chi connectivity index (χ4n) is 3.18. The van der Waals surface area contributed by atoms with E-state index in [1.165, 1.54) is 4.31 Å². The summed E-state index contributed by atoms with van der Waals surface area (Å²) in [7, 11) is -3.52. The van der Waals surface area contributed by atoms with Gasteiger partial charge >= 0.3 is 0 Å². The number of benzene rings is 2. The fourth-order valence-corrected chi connectivity index (χ4v) is 4.62. The molecule has 1 saturated heterocycles. The van der Waals surface area contributed by atoms with Crippen molar-refractivity contribution in [3.63, 3.8) is 0 Å². The third-order valence-corrected chi connectivity index (χ3v) is 6.59. The van der Waals surface area contributed by atoms with Crippen LogP contribution < -0.4 is 0 Å². The summed E-state index contributed by atoms with van der Waals surface area (Å²) in [5.74, 6) is -0.0950. The van der Waals surface area contributed by atoms with E-state index >= 15 is 0 Å². The normalized spacial score (nSPS) is 15.9. The van der Waals surface area contributed by atoms with Gasteiger partial charge in [-0.2, -0.15) is 4.31 Å². The molecule has 1 aromatic heterocycles. The molecular formula is C18H19N5O3S. The van der Waals surface area contributed by atoms with Crippen LogP contribution in [0.2, 0.25) is 0 Å². The van der Waals surface area contributed by atoms with Gasteiger partial charge in [0.25, 0.3) is 0 Å². The van der Waals surface area contributed by atoms with Gasteiger partial charge < -0.3 is 4.90 Å². The van der Waals surface area contributed by atoms with Crippen LogP contribution in [0, 0.1) is 0 Å². The minimum atomic E-state index is -3.52. The number of hydrogen-bond donors (Lipinski definition) is 0. The summed E-state index contributed by atoms with van der Waals surface area (Å²) in [5.41, 5.74) is 1.54. The Morgan fingerprint density at radius 1 is 0.926 bits per heavy atom. The first-order chi connectivity index (χ1) is 13.1. The second-order valence-electron chi connectivity index (χ2n) is 6.33. The van der Waals surface area contributed by atoms with E-state index in [-0.39, 0.29) is 30.4 Å². The number of nitrogens with zero attached hydrogens (tertiary/aromatic N) is 5. The maximum atomic E-state index is 12.7. The molecule has 3 aromatic rings. The molecule has 140 valence electrons. The number of sulfonamides is 1. The summed E-state index contributed by atoms with van der Waals surface area (Å²) < 4.78 is 28.3. The summed E-state index contributed by atoms with van der Waals surface area (Å²) in [6, 6.07) is 15.8. The van der Waals surface area contributed by atoms with Crippen LogP contribution in [0.15, 0.2) is 59.5 Å². The molecule has 1 aliphatic heterocycles. The molecule has 0 atom stereocenters. The molecule has 9 heteroatoms. The highest BCUT2D eigenvalue weighted by Gasteiger charge is 2.30. The Morgan fingerprint density at radius 3 is 2.33 bits per heavy atom. The lowest BCUT2D eigenvalue weighted by Gasteiger charge is -2.34. The van der Waals surface area contributed by atoms with Crippen LogP contribution in [-0.4, -0.2) is 64.7 Å². The molecular weight excluding hydrogens is 366 g/mol. The standard InChI is InChI=1S/C18H19N5O3S/c24-18(14-23-17-9-5-4-8-16(17)19-20-23)21-10-12-22(13-11-21)27(25,26)15-6-2-1-3-7-15/h1-9H,10-14H2. The first-order valence-corrected chi connectivity index (χ1v) is 10.1.